The SMILES string of the molecule is CCn1c(SCC(=O)Nc2ccc(F)c(Cl)c2)nnc1-c1ccc(OCC(C)C)cc1. The van der Waals surface area contributed by atoms with Gasteiger partial charge in [-0.1, -0.05) is 37.2 Å². The van der Waals surface area contributed by atoms with Gasteiger partial charge in [-0.15, -0.1) is 10.2 Å². The molecule has 0 aliphatic rings. The first-order valence-electron chi connectivity index (χ1n) is 9.91. The van der Waals surface area contributed by atoms with Crippen molar-refractivity contribution in [3.05, 3.63) is 53.3 Å². The molecule has 1 amide bonds. The number of rotatable bonds is 9. The Balaban J connectivity index is 1.64. The quantitative estimate of drug-likeness (QED) is 0.424. The van der Waals surface area contributed by atoms with Crippen LogP contribution in [-0.4, -0.2) is 33.0 Å². The molecule has 0 spiro atoms. The van der Waals surface area contributed by atoms with Gasteiger partial charge in [0.1, 0.15) is 11.6 Å². The average Bonchev–Trinajstić information content (AvgIpc) is 3.16. The lowest BCUT2D eigenvalue weighted by atomic mass is 10.2. The highest BCUT2D eigenvalue weighted by atomic mass is 35.5. The smallest absolute Gasteiger partial charge is 0.234 e. The normalized spacial score (nSPS) is 11.0. The molecular weight excluding hydrogens is 439 g/mol. The molecule has 0 radical (unpaired) electrons. The maximum Gasteiger partial charge on any atom is 0.234 e. The van der Waals surface area contributed by atoms with Crippen molar-refractivity contribution in [2.75, 3.05) is 17.7 Å². The standard InChI is InChI=1S/C22H24ClFN4O2S/c1-4-28-21(15-5-8-17(9-6-15)30-12-14(2)3)26-27-22(28)31-13-20(29)25-16-7-10-19(24)18(23)11-16/h5-11,14H,4,12-13H2,1-3H3,(H,25,29). The van der Waals surface area contributed by atoms with Crippen molar-refractivity contribution in [3.8, 4) is 17.1 Å². The first-order chi connectivity index (χ1) is 14.9. The molecule has 0 fully saturated rings. The third-order valence-electron chi connectivity index (χ3n) is 4.26. The summed E-state index contributed by atoms with van der Waals surface area (Å²) < 4.78 is 20.9. The van der Waals surface area contributed by atoms with E-state index < -0.39 is 5.82 Å². The van der Waals surface area contributed by atoms with E-state index >= 15 is 0 Å². The number of aromatic nitrogens is 3. The zero-order valence-corrected chi connectivity index (χ0v) is 19.1. The first-order valence-corrected chi connectivity index (χ1v) is 11.3. The van der Waals surface area contributed by atoms with Gasteiger partial charge in [0.25, 0.3) is 0 Å². The third kappa shape index (κ3) is 6.21. The highest BCUT2D eigenvalue weighted by Gasteiger charge is 2.15. The molecule has 1 heterocycles. The van der Waals surface area contributed by atoms with Gasteiger partial charge < -0.3 is 14.6 Å². The van der Waals surface area contributed by atoms with Crippen LogP contribution in [0.3, 0.4) is 0 Å². The summed E-state index contributed by atoms with van der Waals surface area (Å²) in [5.41, 5.74) is 1.36. The van der Waals surface area contributed by atoms with E-state index in [2.05, 4.69) is 29.4 Å². The van der Waals surface area contributed by atoms with E-state index in [1.54, 1.807) is 0 Å². The zero-order chi connectivity index (χ0) is 22.4. The molecule has 0 saturated heterocycles. The van der Waals surface area contributed by atoms with Crippen LogP contribution in [0.5, 0.6) is 5.75 Å². The minimum Gasteiger partial charge on any atom is -0.493 e. The number of carbonyl (C=O) groups is 1. The molecule has 2 aromatic carbocycles. The van der Waals surface area contributed by atoms with Crippen molar-refractivity contribution in [1.29, 1.82) is 0 Å². The van der Waals surface area contributed by atoms with Gasteiger partial charge in [-0.2, -0.15) is 0 Å². The lowest BCUT2D eigenvalue weighted by molar-refractivity contribution is -0.113. The van der Waals surface area contributed by atoms with Gasteiger partial charge in [0.15, 0.2) is 11.0 Å². The summed E-state index contributed by atoms with van der Waals surface area (Å²) in [5, 5.41) is 11.9. The van der Waals surface area contributed by atoms with Crippen LogP contribution in [0.1, 0.15) is 20.8 Å². The van der Waals surface area contributed by atoms with E-state index in [9.17, 15) is 9.18 Å². The fourth-order valence-electron chi connectivity index (χ4n) is 2.76. The maximum atomic E-state index is 13.2. The molecule has 0 atom stereocenters. The highest BCUT2D eigenvalue weighted by molar-refractivity contribution is 7.99. The van der Waals surface area contributed by atoms with E-state index in [0.29, 0.717) is 29.9 Å². The van der Waals surface area contributed by atoms with E-state index in [4.69, 9.17) is 16.3 Å². The predicted octanol–water partition coefficient (Wildman–Crippen LogP) is 5.52. The van der Waals surface area contributed by atoms with Crippen molar-refractivity contribution in [2.45, 2.75) is 32.5 Å². The molecule has 3 aromatic rings. The molecule has 1 aromatic heterocycles. The lowest BCUT2D eigenvalue weighted by Gasteiger charge is -2.10. The number of anilines is 1. The number of amides is 1. The summed E-state index contributed by atoms with van der Waals surface area (Å²) in [6, 6.07) is 11.8. The summed E-state index contributed by atoms with van der Waals surface area (Å²) in [5.74, 6) is 1.36. The predicted molar refractivity (Wildman–Crippen MR) is 122 cm³/mol. The second-order valence-corrected chi connectivity index (χ2v) is 8.60. The second kappa shape index (κ2) is 10.6. The van der Waals surface area contributed by atoms with Crippen molar-refractivity contribution in [2.24, 2.45) is 5.92 Å². The fourth-order valence-corrected chi connectivity index (χ4v) is 3.74. The minimum absolute atomic E-state index is 0.0403. The van der Waals surface area contributed by atoms with Gasteiger partial charge in [-0.05, 0) is 55.3 Å². The second-order valence-electron chi connectivity index (χ2n) is 7.25. The molecule has 3 rings (SSSR count). The Bertz CT molecular complexity index is 1040. The minimum atomic E-state index is -0.530. The van der Waals surface area contributed by atoms with E-state index in [1.165, 1.54) is 30.0 Å². The Kier molecular flexibility index (Phi) is 7.92. The topological polar surface area (TPSA) is 69.0 Å². The molecule has 31 heavy (non-hydrogen) atoms. The van der Waals surface area contributed by atoms with Crippen molar-refractivity contribution >= 4 is 35.0 Å². The van der Waals surface area contributed by atoms with Crippen LogP contribution in [0.4, 0.5) is 10.1 Å². The molecule has 0 aliphatic carbocycles. The van der Waals surface area contributed by atoms with Crippen LogP contribution >= 0.6 is 23.4 Å². The van der Waals surface area contributed by atoms with Crippen LogP contribution in [0, 0.1) is 11.7 Å². The average molecular weight is 463 g/mol. The van der Waals surface area contributed by atoms with Crippen LogP contribution in [-0.2, 0) is 11.3 Å². The van der Waals surface area contributed by atoms with Crippen LogP contribution in [0.2, 0.25) is 5.02 Å². The number of halogens is 2. The van der Waals surface area contributed by atoms with Crippen LogP contribution in [0.15, 0.2) is 47.6 Å². The Morgan fingerprint density at radius 3 is 2.61 bits per heavy atom. The number of ether oxygens (including phenoxy) is 1. The maximum absolute atomic E-state index is 13.2. The van der Waals surface area contributed by atoms with Gasteiger partial charge in [-0.3, -0.25) is 4.79 Å². The number of hydrogen-bond acceptors (Lipinski definition) is 5. The summed E-state index contributed by atoms with van der Waals surface area (Å²) in [4.78, 5) is 12.3. The first kappa shape index (κ1) is 23.1. The molecule has 0 unspecified atom stereocenters. The summed E-state index contributed by atoms with van der Waals surface area (Å²) in [6.07, 6.45) is 0. The van der Waals surface area contributed by atoms with Gasteiger partial charge in [0.05, 0.1) is 17.4 Å². The van der Waals surface area contributed by atoms with Crippen LogP contribution in [0.25, 0.3) is 11.4 Å². The Labute approximate surface area is 190 Å². The molecular formula is C22H24ClFN4O2S. The molecule has 0 bridgehead atoms. The van der Waals surface area contributed by atoms with Crippen molar-refractivity contribution in [1.82, 2.24) is 14.8 Å². The number of nitrogens with zero attached hydrogens (tertiary/aromatic N) is 3. The van der Waals surface area contributed by atoms with Gasteiger partial charge in [0, 0.05) is 17.8 Å². The van der Waals surface area contributed by atoms with E-state index in [-0.39, 0.29) is 16.7 Å². The number of nitrogens with one attached hydrogen (secondary N) is 1. The summed E-state index contributed by atoms with van der Waals surface area (Å²) in [7, 11) is 0. The Morgan fingerprint density at radius 2 is 1.97 bits per heavy atom. The molecule has 1 N–H and O–H groups in total. The Hall–Kier alpha value is -2.58. The van der Waals surface area contributed by atoms with Crippen molar-refractivity contribution < 1.29 is 13.9 Å². The molecule has 0 saturated carbocycles. The Morgan fingerprint density at radius 1 is 1.23 bits per heavy atom. The number of benzene rings is 2. The summed E-state index contributed by atoms with van der Waals surface area (Å²) in [6.45, 7) is 7.53. The number of thioether (sulfide) groups is 1. The zero-order valence-electron chi connectivity index (χ0n) is 17.6. The number of carbonyl (C=O) groups excluding carboxylic acids is 1. The number of hydrogen-bond donors (Lipinski definition) is 1. The monoisotopic (exact) mass is 462 g/mol. The van der Waals surface area contributed by atoms with Gasteiger partial charge >= 0.3 is 0 Å². The highest BCUT2D eigenvalue weighted by Crippen LogP contribution is 2.26. The van der Waals surface area contributed by atoms with Crippen molar-refractivity contribution in [3.63, 3.8) is 0 Å². The van der Waals surface area contributed by atoms with E-state index in [0.717, 1.165) is 17.1 Å². The third-order valence-corrected chi connectivity index (χ3v) is 5.52. The molecule has 9 heteroatoms. The van der Waals surface area contributed by atoms with Gasteiger partial charge in [0.2, 0.25) is 5.91 Å². The molecule has 164 valence electrons. The van der Waals surface area contributed by atoms with Gasteiger partial charge in [-0.25, -0.2) is 4.39 Å². The largest absolute Gasteiger partial charge is 0.493 e. The molecule has 6 nitrogen and oxygen atoms in total. The lowest BCUT2D eigenvalue weighted by Crippen LogP contribution is -2.14. The fraction of sp³-hybridized carbons (Fsp3) is 0.318. The van der Waals surface area contributed by atoms with Crippen LogP contribution < -0.4 is 10.1 Å². The summed E-state index contributed by atoms with van der Waals surface area (Å²) >= 11 is 7.03. The molecule has 0 aliphatic heterocycles. The van der Waals surface area contributed by atoms with E-state index in [1.807, 2.05) is 35.8 Å².